The van der Waals surface area contributed by atoms with Gasteiger partial charge < -0.3 is 9.47 Å². The number of para-hydroxylation sites is 2. The lowest BCUT2D eigenvalue weighted by Crippen LogP contribution is -2.08. The molecule has 0 saturated heterocycles. The second kappa shape index (κ2) is 7.21. The third kappa shape index (κ3) is 3.60. The number of nitrogens with zero attached hydrogens (tertiary/aromatic N) is 1. The first-order chi connectivity index (χ1) is 10.6. The molecule has 0 aromatic heterocycles. The number of nitro groups is 1. The van der Waals surface area contributed by atoms with E-state index in [1.165, 1.54) is 18.2 Å². The van der Waals surface area contributed by atoms with Crippen molar-refractivity contribution in [3.05, 3.63) is 64.2 Å². The van der Waals surface area contributed by atoms with Gasteiger partial charge in [-0.2, -0.15) is 0 Å². The Hall–Kier alpha value is -2.89. The van der Waals surface area contributed by atoms with Crippen LogP contribution in [0.1, 0.15) is 23.7 Å². The average molecular weight is 301 g/mol. The molecule has 22 heavy (non-hydrogen) atoms. The van der Waals surface area contributed by atoms with Gasteiger partial charge in [0.15, 0.2) is 0 Å². The highest BCUT2D eigenvalue weighted by Gasteiger charge is 2.24. The lowest BCUT2D eigenvalue weighted by atomic mass is 10.1. The minimum Gasteiger partial charge on any atom is -0.462 e. The summed E-state index contributed by atoms with van der Waals surface area (Å²) < 4.78 is 10.6. The van der Waals surface area contributed by atoms with Gasteiger partial charge in [0.25, 0.3) is 0 Å². The Morgan fingerprint density at radius 3 is 2.50 bits per heavy atom. The molecule has 0 atom stereocenters. The summed E-state index contributed by atoms with van der Waals surface area (Å²) >= 11 is 0. The number of rotatable bonds is 6. The van der Waals surface area contributed by atoms with Crippen molar-refractivity contribution in [3.63, 3.8) is 0 Å². The van der Waals surface area contributed by atoms with Crippen LogP contribution in [0, 0.1) is 10.1 Å². The molecule has 0 spiro atoms. The van der Waals surface area contributed by atoms with E-state index in [1.54, 1.807) is 30.3 Å². The van der Waals surface area contributed by atoms with Gasteiger partial charge in [0.05, 0.1) is 11.5 Å². The molecular weight excluding hydrogens is 286 g/mol. The molecule has 0 fully saturated rings. The Bertz CT molecular complexity index is 669. The molecule has 2 aromatic rings. The summed E-state index contributed by atoms with van der Waals surface area (Å²) in [5.41, 5.74) is -0.249. The molecule has 0 amide bonds. The number of hydrogen-bond acceptors (Lipinski definition) is 5. The Morgan fingerprint density at radius 1 is 1.14 bits per heavy atom. The van der Waals surface area contributed by atoms with E-state index in [9.17, 15) is 14.9 Å². The molecule has 0 saturated carbocycles. The van der Waals surface area contributed by atoms with Crippen molar-refractivity contribution in [2.45, 2.75) is 13.3 Å². The number of ether oxygens (including phenoxy) is 2. The minimum atomic E-state index is -0.642. The van der Waals surface area contributed by atoms with Crippen molar-refractivity contribution >= 4 is 11.7 Å². The summed E-state index contributed by atoms with van der Waals surface area (Å²) in [5, 5.41) is 11.2. The van der Waals surface area contributed by atoms with Crippen LogP contribution in [0.5, 0.6) is 11.5 Å². The van der Waals surface area contributed by atoms with E-state index in [1.807, 2.05) is 6.92 Å². The smallest absolute Gasteiger partial charge is 0.342 e. The zero-order chi connectivity index (χ0) is 15.9. The third-order valence-electron chi connectivity index (χ3n) is 2.81. The molecular formula is C16H15NO5. The molecule has 0 aliphatic carbocycles. The van der Waals surface area contributed by atoms with Gasteiger partial charge in [0.1, 0.15) is 11.3 Å². The minimum absolute atomic E-state index is 0.0338. The molecule has 2 aromatic carbocycles. The van der Waals surface area contributed by atoms with Gasteiger partial charge >= 0.3 is 11.7 Å². The van der Waals surface area contributed by atoms with E-state index in [2.05, 4.69) is 0 Å². The molecule has 0 unspecified atom stereocenters. The van der Waals surface area contributed by atoms with Gasteiger partial charge in [-0.15, -0.1) is 0 Å². The Kier molecular flexibility index (Phi) is 5.08. The van der Waals surface area contributed by atoms with Gasteiger partial charge in [-0.1, -0.05) is 31.2 Å². The molecule has 6 nitrogen and oxygen atoms in total. The molecule has 0 aliphatic heterocycles. The Morgan fingerprint density at radius 2 is 1.86 bits per heavy atom. The van der Waals surface area contributed by atoms with Crippen molar-refractivity contribution in [1.29, 1.82) is 0 Å². The van der Waals surface area contributed by atoms with Crippen LogP contribution in [0.15, 0.2) is 48.5 Å². The number of hydrogen-bond donors (Lipinski definition) is 0. The number of carbonyl (C=O) groups is 1. The number of carbonyl (C=O) groups excluding carboxylic acids is 1. The molecule has 0 aliphatic rings. The topological polar surface area (TPSA) is 78.7 Å². The van der Waals surface area contributed by atoms with Gasteiger partial charge in [-0.3, -0.25) is 10.1 Å². The predicted octanol–water partition coefficient (Wildman–Crippen LogP) is 3.95. The van der Waals surface area contributed by atoms with Crippen LogP contribution in [0.25, 0.3) is 0 Å². The molecule has 0 bridgehead atoms. The maximum Gasteiger partial charge on any atom is 0.342 e. The lowest BCUT2D eigenvalue weighted by Gasteiger charge is -2.11. The normalized spacial score (nSPS) is 10.0. The SMILES string of the molecule is CCCOC(=O)c1cccc([N+](=O)[O-])c1Oc1ccccc1. The van der Waals surface area contributed by atoms with E-state index in [4.69, 9.17) is 9.47 Å². The fourth-order valence-electron chi connectivity index (χ4n) is 1.82. The fourth-order valence-corrected chi connectivity index (χ4v) is 1.82. The zero-order valence-electron chi connectivity index (χ0n) is 12.0. The van der Waals surface area contributed by atoms with E-state index < -0.39 is 10.9 Å². The van der Waals surface area contributed by atoms with E-state index >= 15 is 0 Å². The van der Waals surface area contributed by atoms with Crippen molar-refractivity contribution in [1.82, 2.24) is 0 Å². The molecule has 2 rings (SSSR count). The summed E-state index contributed by atoms with van der Waals surface area (Å²) in [6, 6.07) is 12.7. The number of nitro benzene ring substituents is 1. The van der Waals surface area contributed by atoms with Gasteiger partial charge in [0, 0.05) is 6.07 Å². The highest BCUT2D eigenvalue weighted by atomic mass is 16.6. The second-order valence-electron chi connectivity index (χ2n) is 4.46. The Balaban J connectivity index is 2.42. The highest BCUT2D eigenvalue weighted by Crippen LogP contribution is 2.35. The third-order valence-corrected chi connectivity index (χ3v) is 2.81. The molecule has 0 radical (unpaired) electrons. The first-order valence-electron chi connectivity index (χ1n) is 6.81. The van der Waals surface area contributed by atoms with Crippen LogP contribution in [-0.4, -0.2) is 17.5 Å². The summed E-state index contributed by atoms with van der Waals surface area (Å²) in [6.07, 6.45) is 0.662. The summed E-state index contributed by atoms with van der Waals surface area (Å²) in [5.74, 6) is -0.349. The average Bonchev–Trinajstić information content (AvgIpc) is 2.53. The summed E-state index contributed by atoms with van der Waals surface area (Å²) in [6.45, 7) is 2.11. The van der Waals surface area contributed by atoms with Gasteiger partial charge in [-0.25, -0.2) is 4.79 Å². The maximum atomic E-state index is 12.1. The van der Waals surface area contributed by atoms with Crippen LogP contribution in [0.4, 0.5) is 5.69 Å². The second-order valence-corrected chi connectivity index (χ2v) is 4.46. The predicted molar refractivity (Wildman–Crippen MR) is 80.2 cm³/mol. The molecule has 0 heterocycles. The van der Waals surface area contributed by atoms with Crippen molar-refractivity contribution in [3.8, 4) is 11.5 Å². The highest BCUT2D eigenvalue weighted by molar-refractivity contribution is 5.94. The van der Waals surface area contributed by atoms with E-state index in [0.29, 0.717) is 12.2 Å². The monoisotopic (exact) mass is 301 g/mol. The largest absolute Gasteiger partial charge is 0.462 e. The first-order valence-corrected chi connectivity index (χ1v) is 6.81. The van der Waals surface area contributed by atoms with Gasteiger partial charge in [0.2, 0.25) is 5.75 Å². The number of benzene rings is 2. The summed E-state index contributed by atoms with van der Waals surface area (Å²) in [7, 11) is 0. The van der Waals surface area contributed by atoms with Crippen LogP contribution in [0.2, 0.25) is 0 Å². The van der Waals surface area contributed by atoms with Crippen LogP contribution >= 0.6 is 0 Å². The molecule has 0 N–H and O–H groups in total. The van der Waals surface area contributed by atoms with Crippen molar-refractivity contribution in [2.24, 2.45) is 0 Å². The maximum absolute atomic E-state index is 12.1. The van der Waals surface area contributed by atoms with Crippen LogP contribution in [0.3, 0.4) is 0 Å². The molecule has 114 valence electrons. The fraction of sp³-hybridized carbons (Fsp3) is 0.188. The van der Waals surface area contributed by atoms with Crippen LogP contribution < -0.4 is 4.74 Å². The zero-order valence-corrected chi connectivity index (χ0v) is 12.0. The lowest BCUT2D eigenvalue weighted by molar-refractivity contribution is -0.385. The Labute approximate surface area is 127 Å². The first kappa shape index (κ1) is 15.5. The quantitative estimate of drug-likeness (QED) is 0.458. The van der Waals surface area contributed by atoms with Crippen LogP contribution in [-0.2, 0) is 4.74 Å². The van der Waals surface area contributed by atoms with E-state index in [0.717, 1.165) is 0 Å². The number of esters is 1. The van der Waals surface area contributed by atoms with Crippen molar-refractivity contribution in [2.75, 3.05) is 6.61 Å². The summed E-state index contributed by atoms with van der Waals surface area (Å²) in [4.78, 5) is 22.7. The van der Waals surface area contributed by atoms with Crippen molar-refractivity contribution < 1.29 is 19.2 Å². The van der Waals surface area contributed by atoms with E-state index in [-0.39, 0.29) is 23.6 Å². The standard InChI is InChI=1S/C16H15NO5/c1-2-11-21-16(18)13-9-6-10-14(17(19)20)15(13)22-12-7-4-3-5-8-12/h3-10H,2,11H2,1H3. The van der Waals surface area contributed by atoms with Gasteiger partial charge in [-0.05, 0) is 24.6 Å². The molecule has 6 heteroatoms.